The smallest absolute Gasteiger partial charge is 0.263 e. The summed E-state index contributed by atoms with van der Waals surface area (Å²) < 4.78 is 11.7. The second-order valence-corrected chi connectivity index (χ2v) is 10.2. The largest absolute Gasteiger partial charge is 0.397 e. The van der Waals surface area contributed by atoms with Gasteiger partial charge in [0.05, 0.1) is 36.9 Å². The third-order valence-electron chi connectivity index (χ3n) is 6.89. The van der Waals surface area contributed by atoms with E-state index >= 15 is 0 Å². The second kappa shape index (κ2) is 8.12. The van der Waals surface area contributed by atoms with Gasteiger partial charge < -0.3 is 31.2 Å². The number of rotatable bonds is 3. The lowest BCUT2D eigenvalue weighted by Gasteiger charge is -2.27. The molecule has 0 bridgehead atoms. The van der Waals surface area contributed by atoms with E-state index in [1.54, 1.807) is 6.20 Å². The Morgan fingerprint density at radius 3 is 2.94 bits per heavy atom. The van der Waals surface area contributed by atoms with Gasteiger partial charge in [0.2, 0.25) is 5.79 Å². The minimum absolute atomic E-state index is 0.0221. The fourth-order valence-corrected chi connectivity index (χ4v) is 6.09. The van der Waals surface area contributed by atoms with E-state index in [1.807, 2.05) is 13.0 Å². The molecule has 2 aliphatic heterocycles. The molecule has 34 heavy (non-hydrogen) atoms. The molecule has 6 rings (SSSR count). The van der Waals surface area contributed by atoms with Gasteiger partial charge in [0.15, 0.2) is 0 Å². The van der Waals surface area contributed by atoms with Gasteiger partial charge in [-0.15, -0.1) is 11.3 Å². The summed E-state index contributed by atoms with van der Waals surface area (Å²) in [6, 6.07) is 3.95. The molecule has 11 heteroatoms. The van der Waals surface area contributed by atoms with E-state index in [2.05, 4.69) is 26.3 Å². The minimum atomic E-state index is -0.717. The van der Waals surface area contributed by atoms with Crippen LogP contribution in [0.2, 0.25) is 0 Å². The average molecular weight is 482 g/mol. The van der Waals surface area contributed by atoms with Gasteiger partial charge >= 0.3 is 0 Å². The number of nitrogens with one attached hydrogen (secondary N) is 1. The van der Waals surface area contributed by atoms with Gasteiger partial charge in [0.25, 0.3) is 5.91 Å². The maximum absolute atomic E-state index is 13.0. The second-order valence-electron chi connectivity index (χ2n) is 9.17. The van der Waals surface area contributed by atoms with Crippen molar-refractivity contribution in [1.29, 1.82) is 0 Å². The topological polar surface area (TPSA) is 142 Å². The lowest BCUT2D eigenvalue weighted by Crippen LogP contribution is -2.47. The number of anilines is 2. The van der Waals surface area contributed by atoms with Crippen molar-refractivity contribution in [2.24, 2.45) is 5.73 Å². The zero-order valence-corrected chi connectivity index (χ0v) is 19.7. The maximum atomic E-state index is 13.0. The number of pyridine rings is 1. The third kappa shape index (κ3) is 3.59. The van der Waals surface area contributed by atoms with Crippen LogP contribution in [0.5, 0.6) is 0 Å². The van der Waals surface area contributed by atoms with Gasteiger partial charge in [-0.05, 0) is 37.8 Å². The van der Waals surface area contributed by atoms with Crippen molar-refractivity contribution in [2.75, 3.05) is 36.9 Å². The molecule has 5 heterocycles. The number of nitrogens with two attached hydrogens (primary N) is 2. The molecule has 2 saturated heterocycles. The summed E-state index contributed by atoms with van der Waals surface area (Å²) in [5.41, 5.74) is 15.2. The molecule has 5 N–H and O–H groups in total. The number of nitrogen functional groups attached to an aromatic ring is 1. The molecule has 0 saturated carbocycles. The molecular weight excluding hydrogens is 454 g/mol. The summed E-state index contributed by atoms with van der Waals surface area (Å²) in [5.74, 6) is 0.670. The number of hydrogen-bond donors (Lipinski definition) is 3. The van der Waals surface area contributed by atoms with Crippen molar-refractivity contribution in [3.63, 3.8) is 0 Å². The van der Waals surface area contributed by atoms with Crippen molar-refractivity contribution >= 4 is 39.0 Å². The molecule has 2 atom stereocenters. The van der Waals surface area contributed by atoms with E-state index in [0.29, 0.717) is 42.7 Å². The minimum Gasteiger partial charge on any atom is -0.397 e. The predicted octanol–water partition coefficient (Wildman–Crippen LogP) is 1.15. The first-order chi connectivity index (χ1) is 16.4. The summed E-state index contributed by atoms with van der Waals surface area (Å²) in [7, 11) is 0. The molecule has 0 radical (unpaired) electrons. The van der Waals surface area contributed by atoms with E-state index in [-0.39, 0.29) is 18.0 Å². The molecule has 178 valence electrons. The SMILES string of the molecule is Cc1ncc2c(N)c(C(=O)NC3CCc4nc(N5CC(N)C6(C5)OCCO6)ccc4C3)sc2n1. The first-order valence-electron chi connectivity index (χ1n) is 11.5. The molecule has 1 amide bonds. The molecule has 1 spiro atoms. The predicted molar refractivity (Wildman–Crippen MR) is 129 cm³/mol. The molecule has 3 aromatic rings. The Morgan fingerprint density at radius 1 is 1.29 bits per heavy atom. The van der Waals surface area contributed by atoms with Crippen LogP contribution in [0, 0.1) is 6.92 Å². The van der Waals surface area contributed by atoms with Crippen LogP contribution in [0.15, 0.2) is 18.3 Å². The van der Waals surface area contributed by atoms with Gasteiger partial charge in [0.1, 0.15) is 21.3 Å². The van der Waals surface area contributed by atoms with Crippen molar-refractivity contribution < 1.29 is 14.3 Å². The number of ether oxygens (including phenoxy) is 2. The number of aromatic nitrogens is 3. The molecule has 0 aromatic carbocycles. The van der Waals surface area contributed by atoms with Crippen LogP contribution in [0.1, 0.15) is 33.2 Å². The summed E-state index contributed by atoms with van der Waals surface area (Å²) in [5, 5.41) is 3.88. The zero-order valence-electron chi connectivity index (χ0n) is 18.9. The number of aryl methyl sites for hydroxylation is 2. The van der Waals surface area contributed by atoms with Crippen molar-refractivity contribution in [2.45, 2.75) is 44.1 Å². The number of hydrogen-bond acceptors (Lipinski definition) is 10. The first kappa shape index (κ1) is 21.7. The monoisotopic (exact) mass is 481 g/mol. The van der Waals surface area contributed by atoms with Gasteiger partial charge in [-0.1, -0.05) is 6.07 Å². The highest BCUT2D eigenvalue weighted by atomic mass is 32.1. The number of nitrogens with zero attached hydrogens (tertiary/aromatic N) is 4. The summed E-state index contributed by atoms with van der Waals surface area (Å²) in [4.78, 5) is 29.9. The zero-order chi connectivity index (χ0) is 23.4. The number of carbonyl (C=O) groups is 1. The number of fused-ring (bicyclic) bond motifs is 2. The highest BCUT2D eigenvalue weighted by Crippen LogP contribution is 2.34. The van der Waals surface area contributed by atoms with E-state index in [9.17, 15) is 4.79 Å². The Morgan fingerprint density at radius 2 is 2.12 bits per heavy atom. The third-order valence-corrected chi connectivity index (χ3v) is 8.01. The number of thiophene rings is 1. The maximum Gasteiger partial charge on any atom is 0.263 e. The van der Waals surface area contributed by atoms with Gasteiger partial charge in [0, 0.05) is 24.5 Å². The van der Waals surface area contributed by atoms with Crippen molar-refractivity contribution in [3.05, 3.63) is 40.3 Å². The van der Waals surface area contributed by atoms with Crippen molar-refractivity contribution in [3.8, 4) is 0 Å². The molecule has 10 nitrogen and oxygen atoms in total. The van der Waals surface area contributed by atoms with Crippen LogP contribution in [0.3, 0.4) is 0 Å². The van der Waals surface area contributed by atoms with Gasteiger partial charge in [-0.2, -0.15) is 0 Å². The summed E-state index contributed by atoms with van der Waals surface area (Å²) in [6.07, 6.45) is 4.02. The Hall–Kier alpha value is -2.86. The van der Waals surface area contributed by atoms with E-state index < -0.39 is 5.79 Å². The van der Waals surface area contributed by atoms with Gasteiger partial charge in [-0.25, -0.2) is 15.0 Å². The molecule has 2 unspecified atom stereocenters. The molecule has 1 aliphatic carbocycles. The van der Waals surface area contributed by atoms with E-state index in [0.717, 1.165) is 46.6 Å². The Balaban J connectivity index is 1.15. The fraction of sp³-hybridized carbons (Fsp3) is 0.478. The van der Waals surface area contributed by atoms with Crippen LogP contribution in [-0.2, 0) is 22.3 Å². The number of carbonyl (C=O) groups excluding carboxylic acids is 1. The summed E-state index contributed by atoms with van der Waals surface area (Å²) >= 11 is 1.31. The molecule has 2 fully saturated rings. The number of amides is 1. The van der Waals surface area contributed by atoms with Crippen LogP contribution < -0.4 is 21.7 Å². The Kier molecular flexibility index (Phi) is 5.17. The molecule has 3 aromatic heterocycles. The molecule has 3 aliphatic rings. The van der Waals surface area contributed by atoms with E-state index in [1.165, 1.54) is 11.3 Å². The highest BCUT2D eigenvalue weighted by molar-refractivity contribution is 7.21. The molecular formula is C23H27N7O3S. The Labute approximate surface area is 200 Å². The normalized spacial score (nSPS) is 23.5. The van der Waals surface area contributed by atoms with Crippen LogP contribution in [-0.4, -0.2) is 65.0 Å². The standard InChI is InChI=1S/C23H27N7O3S/c1-12-26-9-15-19(25)20(34-22(15)27-12)21(31)28-14-3-4-16-13(8-14)2-5-18(29-16)30-10-17(24)23(11-30)32-6-7-33-23/h2,5,9,14,17H,3-4,6-8,10-11,24-25H2,1H3,(H,28,31). The van der Waals surface area contributed by atoms with Crippen molar-refractivity contribution in [1.82, 2.24) is 20.3 Å². The Bertz CT molecular complexity index is 1270. The quantitative estimate of drug-likeness (QED) is 0.502. The average Bonchev–Trinajstić information content (AvgIpc) is 3.52. The van der Waals surface area contributed by atoms with Gasteiger partial charge in [-0.3, -0.25) is 4.79 Å². The fourth-order valence-electron chi connectivity index (χ4n) is 5.08. The van der Waals surface area contributed by atoms with Crippen LogP contribution in [0.25, 0.3) is 10.2 Å². The van der Waals surface area contributed by atoms with Crippen LogP contribution in [0.4, 0.5) is 11.5 Å². The highest BCUT2D eigenvalue weighted by Gasteiger charge is 2.50. The van der Waals surface area contributed by atoms with E-state index in [4.69, 9.17) is 25.9 Å². The first-order valence-corrected chi connectivity index (χ1v) is 12.3. The lowest BCUT2D eigenvalue weighted by atomic mass is 9.91. The van der Waals surface area contributed by atoms with Crippen LogP contribution >= 0.6 is 11.3 Å². The summed E-state index contributed by atoms with van der Waals surface area (Å²) in [6.45, 7) is 4.20. The lowest BCUT2D eigenvalue weighted by molar-refractivity contribution is -0.147.